The molecule has 0 spiro atoms. The molecule has 62 valence electrons. The van der Waals surface area contributed by atoms with E-state index in [0.717, 1.165) is 16.0 Å². The van der Waals surface area contributed by atoms with E-state index in [0.29, 0.717) is 15.6 Å². The van der Waals surface area contributed by atoms with Gasteiger partial charge in [-0.3, -0.25) is 4.79 Å². The van der Waals surface area contributed by atoms with Crippen molar-refractivity contribution in [1.29, 1.82) is 0 Å². The molecule has 2 rings (SSSR count). The van der Waals surface area contributed by atoms with E-state index >= 15 is 0 Å². The van der Waals surface area contributed by atoms with Gasteiger partial charge in [0.25, 0.3) is 0 Å². The minimum atomic E-state index is -0.117. The second-order valence-corrected chi connectivity index (χ2v) is 4.11. The molecule has 0 saturated heterocycles. The van der Waals surface area contributed by atoms with Gasteiger partial charge < -0.3 is 4.98 Å². The smallest absolute Gasteiger partial charge is 0.305 e. The average Bonchev–Trinajstić information content (AvgIpc) is 2.29. The Bertz CT molecular complexity index is 488. The highest BCUT2D eigenvalue weighted by Gasteiger charge is 2.04. The van der Waals surface area contributed by atoms with E-state index in [2.05, 4.69) is 4.98 Å². The molecule has 1 N–H and O–H groups in total. The van der Waals surface area contributed by atoms with Gasteiger partial charge in [-0.25, -0.2) is 0 Å². The van der Waals surface area contributed by atoms with Crippen LogP contribution in [0.25, 0.3) is 10.2 Å². The fraction of sp³-hybridized carbons (Fsp3) is 0. The van der Waals surface area contributed by atoms with Crippen LogP contribution in [0.15, 0.2) is 16.9 Å². The Morgan fingerprint density at radius 1 is 1.33 bits per heavy atom. The van der Waals surface area contributed by atoms with Crippen molar-refractivity contribution in [1.82, 2.24) is 4.98 Å². The molecule has 5 heteroatoms. The fourth-order valence-corrected chi connectivity index (χ4v) is 2.32. The number of H-pyrrole nitrogens is 1. The number of rotatable bonds is 0. The third kappa shape index (κ3) is 1.24. The number of benzene rings is 1. The monoisotopic (exact) mass is 219 g/mol. The first-order valence-corrected chi connectivity index (χ1v) is 4.72. The molecule has 1 aromatic heterocycles. The lowest BCUT2D eigenvalue weighted by atomic mass is 10.3. The van der Waals surface area contributed by atoms with Gasteiger partial charge in [0, 0.05) is 5.02 Å². The number of aromatic amines is 1. The van der Waals surface area contributed by atoms with E-state index in [-0.39, 0.29) is 4.87 Å². The fourth-order valence-electron chi connectivity index (χ4n) is 0.985. The van der Waals surface area contributed by atoms with Crippen LogP contribution in [0.2, 0.25) is 10.0 Å². The van der Waals surface area contributed by atoms with E-state index in [1.807, 2.05) is 0 Å². The maximum Gasteiger partial charge on any atom is 0.305 e. The SMILES string of the molecule is O=c1[nH]c2cc(Cl)cc(Cl)c2s1. The van der Waals surface area contributed by atoms with Crippen molar-refractivity contribution in [2.45, 2.75) is 0 Å². The summed E-state index contributed by atoms with van der Waals surface area (Å²) in [5.74, 6) is 0. The maximum atomic E-state index is 10.9. The van der Waals surface area contributed by atoms with Crippen LogP contribution >= 0.6 is 34.5 Å². The van der Waals surface area contributed by atoms with Crippen LogP contribution in [0.1, 0.15) is 0 Å². The molecule has 0 aliphatic rings. The summed E-state index contributed by atoms with van der Waals surface area (Å²) in [4.78, 5) is 13.4. The number of nitrogens with one attached hydrogen (secondary N) is 1. The summed E-state index contributed by atoms with van der Waals surface area (Å²) in [6.07, 6.45) is 0. The van der Waals surface area contributed by atoms with Gasteiger partial charge in [0.2, 0.25) is 0 Å². The molecule has 1 heterocycles. The van der Waals surface area contributed by atoms with Crippen LogP contribution in [0.5, 0.6) is 0 Å². The summed E-state index contributed by atoms with van der Waals surface area (Å²) in [5.41, 5.74) is 0.697. The maximum absolute atomic E-state index is 10.9. The standard InChI is InChI=1S/C7H3Cl2NOS/c8-3-1-4(9)6-5(2-3)10-7(11)12-6/h1-2H,(H,10,11). The van der Waals surface area contributed by atoms with Crippen molar-refractivity contribution in [2.24, 2.45) is 0 Å². The van der Waals surface area contributed by atoms with Crippen LogP contribution < -0.4 is 4.87 Å². The van der Waals surface area contributed by atoms with E-state index < -0.39 is 0 Å². The Morgan fingerprint density at radius 2 is 2.08 bits per heavy atom. The Labute approximate surface area is 81.7 Å². The number of hydrogen-bond donors (Lipinski definition) is 1. The van der Waals surface area contributed by atoms with Crippen LogP contribution in [-0.4, -0.2) is 4.98 Å². The molecule has 0 amide bonds. The first kappa shape index (κ1) is 8.10. The van der Waals surface area contributed by atoms with Crippen molar-refractivity contribution in [3.63, 3.8) is 0 Å². The zero-order valence-corrected chi connectivity index (χ0v) is 8.06. The summed E-state index contributed by atoms with van der Waals surface area (Å²) in [7, 11) is 0. The normalized spacial score (nSPS) is 10.8. The number of fused-ring (bicyclic) bond motifs is 1. The topological polar surface area (TPSA) is 32.9 Å². The zero-order chi connectivity index (χ0) is 8.72. The van der Waals surface area contributed by atoms with Gasteiger partial charge in [0.15, 0.2) is 0 Å². The number of thiazole rings is 1. The molecule has 0 fully saturated rings. The third-order valence-electron chi connectivity index (χ3n) is 1.44. The van der Waals surface area contributed by atoms with Crippen LogP contribution in [-0.2, 0) is 0 Å². The van der Waals surface area contributed by atoms with Crippen molar-refractivity contribution in [3.8, 4) is 0 Å². The van der Waals surface area contributed by atoms with Crippen molar-refractivity contribution in [2.75, 3.05) is 0 Å². The predicted octanol–water partition coefficient (Wildman–Crippen LogP) is 2.90. The molecule has 0 radical (unpaired) electrons. The number of halogens is 2. The molecule has 0 unspecified atom stereocenters. The number of aromatic nitrogens is 1. The first-order chi connectivity index (χ1) is 5.66. The van der Waals surface area contributed by atoms with Gasteiger partial charge in [-0.15, -0.1) is 0 Å². The summed E-state index contributed by atoms with van der Waals surface area (Å²) in [6, 6.07) is 3.30. The van der Waals surface area contributed by atoms with Gasteiger partial charge in [-0.05, 0) is 12.1 Å². The van der Waals surface area contributed by atoms with Gasteiger partial charge in [0.1, 0.15) is 0 Å². The highest BCUT2D eigenvalue weighted by molar-refractivity contribution is 7.17. The zero-order valence-electron chi connectivity index (χ0n) is 5.73. The molecule has 0 aliphatic carbocycles. The van der Waals surface area contributed by atoms with Gasteiger partial charge in [-0.2, -0.15) is 0 Å². The minimum Gasteiger partial charge on any atom is -0.312 e. The molecule has 0 aliphatic heterocycles. The predicted molar refractivity (Wildman–Crippen MR) is 52.5 cm³/mol. The molecule has 1 aromatic carbocycles. The van der Waals surface area contributed by atoms with E-state index in [1.54, 1.807) is 12.1 Å². The Morgan fingerprint density at radius 3 is 2.83 bits per heavy atom. The highest BCUT2D eigenvalue weighted by Crippen LogP contribution is 2.28. The second-order valence-electron chi connectivity index (χ2n) is 2.28. The minimum absolute atomic E-state index is 0.117. The Balaban J connectivity index is 2.97. The molecule has 0 atom stereocenters. The molecular formula is C7H3Cl2NOS. The van der Waals surface area contributed by atoms with Crippen molar-refractivity contribution < 1.29 is 0 Å². The Hall–Kier alpha value is -0.510. The lowest BCUT2D eigenvalue weighted by molar-refractivity contribution is 1.41. The molecule has 0 bridgehead atoms. The van der Waals surface area contributed by atoms with Crippen LogP contribution in [0, 0.1) is 0 Å². The first-order valence-electron chi connectivity index (χ1n) is 3.15. The highest BCUT2D eigenvalue weighted by atomic mass is 35.5. The van der Waals surface area contributed by atoms with Crippen LogP contribution in [0.4, 0.5) is 0 Å². The summed E-state index contributed by atoms with van der Waals surface area (Å²) >= 11 is 12.7. The molecule has 2 aromatic rings. The molecule has 12 heavy (non-hydrogen) atoms. The summed E-state index contributed by atoms with van der Waals surface area (Å²) < 4.78 is 0.756. The lowest BCUT2D eigenvalue weighted by Crippen LogP contribution is -1.89. The second kappa shape index (κ2) is 2.76. The molecule has 2 nitrogen and oxygen atoms in total. The molecule has 0 saturated carbocycles. The van der Waals surface area contributed by atoms with Crippen molar-refractivity contribution in [3.05, 3.63) is 31.8 Å². The average molecular weight is 220 g/mol. The summed E-state index contributed by atoms with van der Waals surface area (Å²) in [6.45, 7) is 0. The van der Waals surface area contributed by atoms with E-state index in [1.165, 1.54) is 0 Å². The van der Waals surface area contributed by atoms with E-state index in [4.69, 9.17) is 23.2 Å². The van der Waals surface area contributed by atoms with E-state index in [9.17, 15) is 4.79 Å². The van der Waals surface area contributed by atoms with Gasteiger partial charge in [0.05, 0.1) is 15.2 Å². The van der Waals surface area contributed by atoms with Gasteiger partial charge >= 0.3 is 4.87 Å². The Kier molecular flexibility index (Phi) is 1.87. The van der Waals surface area contributed by atoms with Crippen molar-refractivity contribution >= 4 is 44.8 Å². The lowest BCUT2D eigenvalue weighted by Gasteiger charge is -1.92. The molecular weight excluding hydrogens is 217 g/mol. The van der Waals surface area contributed by atoms with Crippen LogP contribution in [0.3, 0.4) is 0 Å². The quantitative estimate of drug-likeness (QED) is 0.727. The largest absolute Gasteiger partial charge is 0.312 e. The van der Waals surface area contributed by atoms with Gasteiger partial charge in [-0.1, -0.05) is 34.5 Å². The third-order valence-corrected chi connectivity index (χ3v) is 3.00. The number of hydrogen-bond acceptors (Lipinski definition) is 2. The summed E-state index contributed by atoms with van der Waals surface area (Å²) in [5, 5.41) is 1.04.